The number of nitrogens with one attached hydrogen (secondary N) is 1. The Morgan fingerprint density at radius 3 is 2.64 bits per heavy atom. The molecule has 2 saturated carbocycles. The molecule has 11 rings (SSSR count). The van der Waals surface area contributed by atoms with Crippen molar-refractivity contribution in [3.8, 4) is 23.1 Å². The van der Waals surface area contributed by atoms with Crippen LogP contribution in [0.4, 0.5) is 18.9 Å². The fraction of sp³-hybridized carbons (Fsp3) is 0.442. The van der Waals surface area contributed by atoms with Gasteiger partial charge in [-0.15, -0.1) is 0 Å². The molecule has 5 aromatic rings. The van der Waals surface area contributed by atoms with Crippen molar-refractivity contribution in [2.75, 3.05) is 31.1 Å². The van der Waals surface area contributed by atoms with Gasteiger partial charge in [0, 0.05) is 95.7 Å². The van der Waals surface area contributed by atoms with Crippen LogP contribution in [-0.4, -0.2) is 76.4 Å². The number of benzene rings is 2. The molecule has 1 N–H and O–H groups in total. The monoisotopic (exact) mass is 829 g/mol. The summed E-state index contributed by atoms with van der Waals surface area (Å²) in [5.74, 6) is 0.296. The van der Waals surface area contributed by atoms with Gasteiger partial charge in [-0.1, -0.05) is 35.3 Å². The number of carbonyl (C=O) groups excluding carboxylic acids is 1. The van der Waals surface area contributed by atoms with Gasteiger partial charge >= 0.3 is 6.61 Å². The number of nitriles is 1. The number of likely N-dealkylation sites (tertiary alicyclic amines) is 1. The van der Waals surface area contributed by atoms with Gasteiger partial charge < -0.3 is 29.2 Å². The number of alkyl halides is 2. The first-order chi connectivity index (χ1) is 28.1. The number of aryl methyl sites for hydroxylation is 2. The number of halogens is 5. The smallest absolute Gasteiger partial charge is 0.345 e. The molecule has 0 unspecified atom stereocenters. The lowest BCUT2D eigenvalue weighted by molar-refractivity contribution is -0.167. The van der Waals surface area contributed by atoms with Crippen LogP contribution in [-0.2, 0) is 16.0 Å². The van der Waals surface area contributed by atoms with Gasteiger partial charge in [-0.05, 0) is 68.4 Å². The minimum absolute atomic E-state index is 0.0327. The van der Waals surface area contributed by atoms with Crippen LogP contribution < -0.4 is 15.0 Å². The third-order valence-corrected chi connectivity index (χ3v) is 13.6. The Morgan fingerprint density at radius 2 is 1.91 bits per heavy atom. The summed E-state index contributed by atoms with van der Waals surface area (Å²) in [7, 11) is 0. The molecule has 0 spiro atoms. The molecule has 0 radical (unpaired) electrons. The molecule has 4 aliphatic heterocycles. The van der Waals surface area contributed by atoms with E-state index in [2.05, 4.69) is 31.7 Å². The Morgan fingerprint density at radius 1 is 1.09 bits per heavy atom. The molecule has 300 valence electrons. The van der Waals surface area contributed by atoms with E-state index in [1.807, 2.05) is 28.9 Å². The summed E-state index contributed by atoms with van der Waals surface area (Å²) in [6.07, 6.45) is 4.42. The fourth-order valence-electron chi connectivity index (χ4n) is 9.78. The second-order valence-corrected chi connectivity index (χ2v) is 17.1. The summed E-state index contributed by atoms with van der Waals surface area (Å²) in [6.45, 7) is 0.997. The molecule has 15 heteroatoms. The van der Waals surface area contributed by atoms with Crippen LogP contribution in [0.15, 0.2) is 48.7 Å². The zero-order valence-electron chi connectivity index (χ0n) is 31.6. The van der Waals surface area contributed by atoms with Gasteiger partial charge in [-0.3, -0.25) is 4.79 Å². The number of hydrogen-bond acceptors (Lipinski definition) is 8. The number of rotatable bonds is 11. The zero-order valence-corrected chi connectivity index (χ0v) is 33.1. The first-order valence-corrected chi connectivity index (χ1v) is 20.7. The topological polar surface area (TPSA) is 109 Å². The van der Waals surface area contributed by atoms with Crippen LogP contribution in [0.25, 0.3) is 32.9 Å². The SMILES string of the molecule is Cc1nc2c(F)c(-c3cccc(Cl)c3Cl)c(CCC#N)cc2c2c1cc([C@H]1C[C@H](Oc3cc(N4CC(OC(F)F)C4)ccn3)CN1C(=O)C1CC1)n2[C@H]1[C@H]2CN[C@@H]1C2. The third-order valence-electron chi connectivity index (χ3n) is 12.8. The van der Waals surface area contributed by atoms with E-state index in [0.717, 1.165) is 48.1 Å². The molecule has 2 aromatic carbocycles. The maximum Gasteiger partial charge on any atom is 0.345 e. The van der Waals surface area contributed by atoms with Crippen LogP contribution in [0.5, 0.6) is 5.88 Å². The summed E-state index contributed by atoms with van der Waals surface area (Å²) < 4.78 is 56.3. The molecule has 2 aliphatic carbocycles. The Balaban J connectivity index is 1.08. The van der Waals surface area contributed by atoms with Crippen molar-refractivity contribution in [1.29, 1.82) is 5.26 Å². The van der Waals surface area contributed by atoms with Gasteiger partial charge in [0.25, 0.3) is 0 Å². The number of fused-ring (bicyclic) bond motifs is 4. The van der Waals surface area contributed by atoms with Gasteiger partial charge in [0.05, 0.1) is 46.4 Å². The fourth-order valence-corrected chi connectivity index (χ4v) is 10.2. The van der Waals surface area contributed by atoms with Gasteiger partial charge in [-0.2, -0.15) is 14.0 Å². The van der Waals surface area contributed by atoms with E-state index in [-0.39, 0.29) is 58.6 Å². The Labute approximate surface area is 342 Å². The number of nitrogens with zero attached hydrogens (tertiary/aromatic N) is 6. The molecule has 10 nitrogen and oxygen atoms in total. The van der Waals surface area contributed by atoms with E-state index in [0.29, 0.717) is 71.5 Å². The number of hydrogen-bond donors (Lipinski definition) is 1. The largest absolute Gasteiger partial charge is 0.472 e. The molecule has 58 heavy (non-hydrogen) atoms. The van der Waals surface area contributed by atoms with Crippen molar-refractivity contribution in [3.05, 3.63) is 81.5 Å². The van der Waals surface area contributed by atoms with E-state index < -0.39 is 18.5 Å². The molecule has 6 fully saturated rings. The maximum absolute atomic E-state index is 17.3. The number of carbonyl (C=O) groups is 1. The molecule has 1 amide bonds. The molecule has 4 saturated heterocycles. The predicted molar refractivity (Wildman–Crippen MR) is 214 cm³/mol. The maximum atomic E-state index is 17.3. The lowest BCUT2D eigenvalue weighted by Gasteiger charge is -2.40. The van der Waals surface area contributed by atoms with Crippen molar-refractivity contribution in [3.63, 3.8) is 0 Å². The van der Waals surface area contributed by atoms with Crippen molar-refractivity contribution in [2.24, 2.45) is 11.8 Å². The van der Waals surface area contributed by atoms with Gasteiger partial charge in [0.1, 0.15) is 11.6 Å². The normalized spacial score (nSPS) is 24.1. The van der Waals surface area contributed by atoms with Crippen molar-refractivity contribution >= 4 is 56.6 Å². The van der Waals surface area contributed by atoms with Crippen molar-refractivity contribution < 1.29 is 27.4 Å². The Kier molecular flexibility index (Phi) is 9.47. The highest BCUT2D eigenvalue weighted by molar-refractivity contribution is 6.43. The van der Waals surface area contributed by atoms with Crippen LogP contribution in [0.2, 0.25) is 10.0 Å². The second-order valence-electron chi connectivity index (χ2n) is 16.3. The average molecular weight is 831 g/mol. The summed E-state index contributed by atoms with van der Waals surface area (Å²) in [5.41, 5.74) is 4.86. The number of ether oxygens (including phenoxy) is 2. The molecule has 7 heterocycles. The summed E-state index contributed by atoms with van der Waals surface area (Å²) in [4.78, 5) is 27.4. The quantitative estimate of drug-likeness (QED) is 0.141. The lowest BCUT2D eigenvalue weighted by atomic mass is 9.79. The Hall–Kier alpha value is -4.61. The van der Waals surface area contributed by atoms with Gasteiger partial charge in [0.2, 0.25) is 11.8 Å². The summed E-state index contributed by atoms with van der Waals surface area (Å²) >= 11 is 13.1. The predicted octanol–water partition coefficient (Wildman–Crippen LogP) is 8.55. The molecule has 3 aromatic heterocycles. The van der Waals surface area contributed by atoms with Crippen LogP contribution >= 0.6 is 23.2 Å². The van der Waals surface area contributed by atoms with Crippen LogP contribution in [0.1, 0.15) is 61.1 Å². The summed E-state index contributed by atoms with van der Waals surface area (Å²) in [6, 6.07) is 15.0. The van der Waals surface area contributed by atoms with Crippen molar-refractivity contribution in [1.82, 2.24) is 24.8 Å². The summed E-state index contributed by atoms with van der Waals surface area (Å²) in [5, 5.41) is 15.4. The second kappa shape index (κ2) is 14.6. The molecule has 5 atom stereocenters. The number of amides is 1. The van der Waals surface area contributed by atoms with Crippen LogP contribution in [0, 0.1) is 35.9 Å². The highest BCUT2D eigenvalue weighted by Gasteiger charge is 2.51. The minimum Gasteiger partial charge on any atom is -0.472 e. The van der Waals surface area contributed by atoms with E-state index in [9.17, 15) is 18.8 Å². The first kappa shape index (κ1) is 37.6. The van der Waals surface area contributed by atoms with Crippen LogP contribution in [0.3, 0.4) is 0 Å². The average Bonchev–Trinajstić information content (AvgIpc) is 3.46. The highest BCUT2D eigenvalue weighted by atomic mass is 35.5. The van der Waals surface area contributed by atoms with Gasteiger partial charge in [-0.25, -0.2) is 14.4 Å². The Bertz CT molecular complexity index is 2510. The molecule has 6 aliphatic rings. The van der Waals surface area contributed by atoms with Gasteiger partial charge in [0.15, 0.2) is 5.82 Å². The minimum atomic E-state index is -2.81. The molecular formula is C43H40Cl2F3N7O3. The standard InChI is InChI=1S/C43H40Cl2F3N7O3/c1-21-29-16-34(33-15-26(20-54(33)42(56)22-7-8-22)57-35-14-25(9-11-50-35)53-18-27(19-53)58-43(47)48)55(40-24-13-32(40)51-17-24)41(29)30-12-23(4-3-10-49)36(38(46)39(30)52-21)28-5-2-6-31(44)37(28)45/h2,5-6,9,11-12,14,16,22,24,26-27,32-33,40,43,51H,3-4,7-8,13,15,17-20H2,1H3/t24-,26+,32-,33-,40+/m1/s1. The third kappa shape index (κ3) is 6.35. The van der Waals surface area contributed by atoms with E-state index in [1.165, 1.54) is 0 Å². The van der Waals surface area contributed by atoms with E-state index >= 15 is 4.39 Å². The molecular weight excluding hydrogens is 790 g/mol. The first-order valence-electron chi connectivity index (χ1n) is 19.9. The lowest BCUT2D eigenvalue weighted by Crippen LogP contribution is -2.53. The highest BCUT2D eigenvalue weighted by Crippen LogP contribution is 2.51. The number of anilines is 1. The van der Waals surface area contributed by atoms with E-state index in [1.54, 1.807) is 30.5 Å². The number of pyridine rings is 2. The zero-order chi connectivity index (χ0) is 40.0. The van der Waals surface area contributed by atoms with E-state index in [4.69, 9.17) is 32.9 Å². The van der Waals surface area contributed by atoms with Crippen molar-refractivity contribution in [2.45, 2.75) is 82.4 Å². The number of aromatic nitrogens is 3. The molecule has 2 bridgehead atoms.